The van der Waals surface area contributed by atoms with E-state index in [0.29, 0.717) is 13.1 Å². The molecule has 0 aromatic heterocycles. The summed E-state index contributed by atoms with van der Waals surface area (Å²) in [6.45, 7) is 4.77. The largest absolute Gasteiger partial charge is 0.355 e. The molecule has 18 heavy (non-hydrogen) atoms. The van der Waals surface area contributed by atoms with Crippen LogP contribution in [0.3, 0.4) is 0 Å². The Balaban J connectivity index is 2.51. The van der Waals surface area contributed by atoms with E-state index in [0.717, 1.165) is 5.56 Å². The van der Waals surface area contributed by atoms with Crippen LogP contribution in [-0.4, -0.2) is 25.0 Å². The van der Waals surface area contributed by atoms with Gasteiger partial charge in [0.15, 0.2) is 0 Å². The number of hydrogen-bond acceptors (Lipinski definition) is 3. The van der Waals surface area contributed by atoms with Gasteiger partial charge in [0.1, 0.15) is 0 Å². The van der Waals surface area contributed by atoms with E-state index in [1.807, 2.05) is 37.3 Å². The molecule has 0 heterocycles. The molecule has 2 atom stereocenters. The number of nitriles is 1. The zero-order chi connectivity index (χ0) is 13.4. The third-order valence-corrected chi connectivity index (χ3v) is 2.73. The molecule has 0 saturated heterocycles. The molecule has 0 radical (unpaired) electrons. The Morgan fingerprint density at radius 3 is 2.61 bits per heavy atom. The molecule has 1 rings (SSSR count). The number of hydrogen-bond donors (Lipinski definition) is 2. The number of rotatable bonds is 6. The highest BCUT2D eigenvalue weighted by atomic mass is 16.2. The summed E-state index contributed by atoms with van der Waals surface area (Å²) in [5.74, 6) is -0.273. The van der Waals surface area contributed by atoms with Crippen molar-refractivity contribution in [3.05, 3.63) is 35.9 Å². The van der Waals surface area contributed by atoms with Crippen LogP contribution in [0.2, 0.25) is 0 Å². The molecule has 0 bridgehead atoms. The van der Waals surface area contributed by atoms with Gasteiger partial charge in [-0.2, -0.15) is 5.26 Å². The maximum Gasteiger partial charge on any atom is 0.236 e. The number of carbonyl (C=O) groups is 1. The fourth-order valence-electron chi connectivity index (χ4n) is 1.64. The molecular formula is C14H19N3O. The number of benzene rings is 1. The van der Waals surface area contributed by atoms with E-state index in [2.05, 4.69) is 16.7 Å². The summed E-state index contributed by atoms with van der Waals surface area (Å²) < 4.78 is 0. The van der Waals surface area contributed by atoms with Crippen molar-refractivity contribution in [3.63, 3.8) is 0 Å². The highest BCUT2D eigenvalue weighted by molar-refractivity contribution is 5.81. The van der Waals surface area contributed by atoms with Crippen LogP contribution < -0.4 is 10.6 Å². The van der Waals surface area contributed by atoms with Crippen LogP contribution in [-0.2, 0) is 4.79 Å². The van der Waals surface area contributed by atoms with Crippen LogP contribution in [0.4, 0.5) is 0 Å². The fraction of sp³-hybridized carbons (Fsp3) is 0.429. The number of nitrogens with zero attached hydrogens (tertiary/aromatic N) is 1. The molecule has 2 unspecified atom stereocenters. The Hall–Kier alpha value is -1.86. The second-order valence-electron chi connectivity index (χ2n) is 4.12. The van der Waals surface area contributed by atoms with Gasteiger partial charge in [0, 0.05) is 13.1 Å². The van der Waals surface area contributed by atoms with Crippen LogP contribution in [0.15, 0.2) is 30.3 Å². The van der Waals surface area contributed by atoms with Crippen molar-refractivity contribution in [1.82, 2.24) is 10.6 Å². The molecule has 0 aliphatic carbocycles. The molecular weight excluding hydrogens is 226 g/mol. The lowest BCUT2D eigenvalue weighted by atomic mass is 10.0. The maximum absolute atomic E-state index is 11.5. The smallest absolute Gasteiger partial charge is 0.236 e. The summed E-state index contributed by atoms with van der Waals surface area (Å²) in [5, 5.41) is 15.0. The average Bonchev–Trinajstić information content (AvgIpc) is 2.40. The van der Waals surface area contributed by atoms with E-state index in [4.69, 9.17) is 5.26 Å². The van der Waals surface area contributed by atoms with E-state index < -0.39 is 0 Å². The molecule has 1 amide bonds. The van der Waals surface area contributed by atoms with E-state index in [9.17, 15) is 4.79 Å². The van der Waals surface area contributed by atoms with Gasteiger partial charge in [-0.15, -0.1) is 0 Å². The molecule has 4 heteroatoms. The minimum absolute atomic E-state index is 0.0396. The van der Waals surface area contributed by atoms with Crippen LogP contribution >= 0.6 is 0 Å². The second-order valence-corrected chi connectivity index (χ2v) is 4.12. The van der Waals surface area contributed by atoms with Crippen molar-refractivity contribution in [1.29, 1.82) is 5.26 Å². The summed E-state index contributed by atoms with van der Waals surface area (Å²) in [5.41, 5.74) is 0.968. The molecule has 4 nitrogen and oxygen atoms in total. The Labute approximate surface area is 108 Å². The SMILES string of the molecule is CCNC(=O)C(C)NCC(C#N)c1ccccc1. The van der Waals surface area contributed by atoms with Crippen LogP contribution in [0.5, 0.6) is 0 Å². The summed E-state index contributed by atoms with van der Waals surface area (Å²) in [6.07, 6.45) is 0. The Bertz CT molecular complexity index is 411. The summed E-state index contributed by atoms with van der Waals surface area (Å²) in [4.78, 5) is 11.5. The van der Waals surface area contributed by atoms with Gasteiger partial charge in [-0.05, 0) is 19.4 Å². The van der Waals surface area contributed by atoms with Crippen molar-refractivity contribution in [2.45, 2.75) is 25.8 Å². The molecule has 1 aromatic carbocycles. The quantitative estimate of drug-likeness (QED) is 0.796. The zero-order valence-electron chi connectivity index (χ0n) is 10.8. The molecule has 0 fully saturated rings. The monoisotopic (exact) mass is 245 g/mol. The molecule has 1 aromatic rings. The molecule has 0 saturated carbocycles. The van der Waals surface area contributed by atoms with Crippen LogP contribution in [0.1, 0.15) is 25.3 Å². The van der Waals surface area contributed by atoms with Gasteiger partial charge in [0.25, 0.3) is 0 Å². The van der Waals surface area contributed by atoms with E-state index in [-0.39, 0.29) is 17.9 Å². The minimum atomic E-state index is -0.287. The maximum atomic E-state index is 11.5. The van der Waals surface area contributed by atoms with Crippen molar-refractivity contribution >= 4 is 5.91 Å². The van der Waals surface area contributed by atoms with Crippen LogP contribution in [0.25, 0.3) is 0 Å². The normalized spacial score (nSPS) is 13.4. The number of amides is 1. The number of nitrogens with one attached hydrogen (secondary N) is 2. The highest BCUT2D eigenvalue weighted by Gasteiger charge is 2.15. The van der Waals surface area contributed by atoms with Gasteiger partial charge in [0.2, 0.25) is 5.91 Å². The van der Waals surface area contributed by atoms with Gasteiger partial charge >= 0.3 is 0 Å². The first-order valence-electron chi connectivity index (χ1n) is 6.14. The fourth-order valence-corrected chi connectivity index (χ4v) is 1.64. The molecule has 2 N–H and O–H groups in total. The number of carbonyl (C=O) groups excluding carboxylic acids is 1. The van der Waals surface area contributed by atoms with Gasteiger partial charge in [-0.25, -0.2) is 0 Å². The molecule has 96 valence electrons. The van der Waals surface area contributed by atoms with Crippen molar-refractivity contribution in [2.75, 3.05) is 13.1 Å². The van der Waals surface area contributed by atoms with Gasteiger partial charge in [0.05, 0.1) is 18.0 Å². The summed E-state index contributed by atoms with van der Waals surface area (Å²) in [6, 6.07) is 11.5. The first kappa shape index (κ1) is 14.2. The van der Waals surface area contributed by atoms with E-state index >= 15 is 0 Å². The Kier molecular flexibility index (Phi) is 5.89. The van der Waals surface area contributed by atoms with Gasteiger partial charge in [-0.3, -0.25) is 4.79 Å². The van der Waals surface area contributed by atoms with Gasteiger partial charge < -0.3 is 10.6 Å². The standard InChI is InChI=1S/C14H19N3O/c1-3-16-14(18)11(2)17-10-13(9-15)12-7-5-4-6-8-12/h4-8,11,13,17H,3,10H2,1-2H3,(H,16,18). The second kappa shape index (κ2) is 7.46. The molecule has 0 spiro atoms. The van der Waals surface area contributed by atoms with E-state index in [1.165, 1.54) is 0 Å². The lowest BCUT2D eigenvalue weighted by Gasteiger charge is -2.16. The average molecular weight is 245 g/mol. The Morgan fingerprint density at radius 2 is 2.06 bits per heavy atom. The van der Waals surface area contributed by atoms with E-state index in [1.54, 1.807) is 6.92 Å². The first-order valence-corrected chi connectivity index (χ1v) is 6.14. The lowest BCUT2D eigenvalue weighted by Crippen LogP contribution is -2.43. The van der Waals surface area contributed by atoms with Gasteiger partial charge in [-0.1, -0.05) is 30.3 Å². The molecule has 0 aliphatic rings. The topological polar surface area (TPSA) is 64.9 Å². The summed E-state index contributed by atoms with van der Waals surface area (Å²) >= 11 is 0. The van der Waals surface area contributed by atoms with Crippen LogP contribution in [0, 0.1) is 11.3 Å². The molecule has 0 aliphatic heterocycles. The first-order chi connectivity index (χ1) is 8.69. The minimum Gasteiger partial charge on any atom is -0.355 e. The summed E-state index contributed by atoms with van der Waals surface area (Å²) in [7, 11) is 0. The highest BCUT2D eigenvalue weighted by Crippen LogP contribution is 2.13. The van der Waals surface area contributed by atoms with Crippen molar-refractivity contribution < 1.29 is 4.79 Å². The predicted molar refractivity (Wildman–Crippen MR) is 70.9 cm³/mol. The van der Waals surface area contributed by atoms with Crippen molar-refractivity contribution in [3.8, 4) is 6.07 Å². The third kappa shape index (κ3) is 4.19. The lowest BCUT2D eigenvalue weighted by molar-refractivity contribution is -0.122. The third-order valence-electron chi connectivity index (χ3n) is 2.73. The Morgan fingerprint density at radius 1 is 1.39 bits per heavy atom. The van der Waals surface area contributed by atoms with Crippen molar-refractivity contribution in [2.24, 2.45) is 0 Å². The number of likely N-dealkylation sites (N-methyl/N-ethyl adjacent to an activating group) is 1. The predicted octanol–water partition coefficient (Wildman–Crippen LogP) is 1.41. The zero-order valence-corrected chi connectivity index (χ0v) is 10.8.